The van der Waals surface area contributed by atoms with Crippen molar-refractivity contribution < 1.29 is 14.3 Å². The van der Waals surface area contributed by atoms with Crippen molar-refractivity contribution in [2.75, 3.05) is 70.3 Å². The van der Waals surface area contributed by atoms with Gasteiger partial charge in [0.1, 0.15) is 18.2 Å². The van der Waals surface area contributed by atoms with Gasteiger partial charge < -0.3 is 29.1 Å². The molecule has 1 aromatic heterocycles. The molecule has 2 saturated heterocycles. The number of likely N-dealkylation sites (tertiary alicyclic amines) is 1. The number of piperazine rings is 1. The van der Waals surface area contributed by atoms with Crippen LogP contribution in [0, 0.1) is 16.7 Å². The zero-order valence-electron chi connectivity index (χ0n) is 25.7. The Balaban J connectivity index is 1.32. The van der Waals surface area contributed by atoms with Crippen LogP contribution in [0.2, 0.25) is 0 Å². The predicted molar refractivity (Wildman–Crippen MR) is 166 cm³/mol. The minimum Gasteiger partial charge on any atom is -0.495 e. The van der Waals surface area contributed by atoms with Crippen LogP contribution in [-0.2, 0) is 24.1 Å². The van der Waals surface area contributed by atoms with Crippen molar-refractivity contribution >= 4 is 17.4 Å². The Morgan fingerprint density at radius 2 is 2.07 bits per heavy atom. The third kappa shape index (κ3) is 5.63. The average molecular weight is 586 g/mol. The molecule has 43 heavy (non-hydrogen) atoms. The standard InChI is InChI=1S/C33H43N7O3/c1-5-29(41)40-17-16-39(20-24(40)12-14-34)31-26-11-13-33(18-23-8-6-10-28(42-4)30(23)38(3)22-33)19-27(26)35-32(36-31)43-21-25-9-7-15-37(25)2/h5-6,8,10,24-25H,1,7,9,11-13,15-22H2,2-4H3/t24?,25?,33-/m1/s1. The zero-order chi connectivity index (χ0) is 30.1. The Kier molecular flexibility index (Phi) is 8.19. The number of nitriles is 1. The summed E-state index contributed by atoms with van der Waals surface area (Å²) in [7, 11) is 6.05. The number of hydrogen-bond donors (Lipinski definition) is 0. The van der Waals surface area contributed by atoms with Crippen molar-refractivity contribution in [2.24, 2.45) is 5.41 Å². The van der Waals surface area contributed by atoms with E-state index < -0.39 is 0 Å². The number of likely N-dealkylation sites (N-methyl/N-ethyl adjacent to an activating group) is 1. The highest BCUT2D eigenvalue weighted by molar-refractivity contribution is 5.87. The third-order valence-corrected chi connectivity index (χ3v) is 9.96. The zero-order valence-corrected chi connectivity index (χ0v) is 25.7. The van der Waals surface area contributed by atoms with E-state index in [0.29, 0.717) is 38.3 Å². The molecule has 4 heterocycles. The van der Waals surface area contributed by atoms with E-state index in [-0.39, 0.29) is 23.8 Å². The summed E-state index contributed by atoms with van der Waals surface area (Å²) < 4.78 is 12.1. The normalized spacial score (nSPS) is 25.2. The lowest BCUT2D eigenvalue weighted by atomic mass is 9.67. The van der Waals surface area contributed by atoms with Crippen molar-refractivity contribution in [2.45, 2.75) is 57.0 Å². The summed E-state index contributed by atoms with van der Waals surface area (Å²) in [5.41, 5.74) is 4.79. The summed E-state index contributed by atoms with van der Waals surface area (Å²) >= 11 is 0. The van der Waals surface area contributed by atoms with E-state index >= 15 is 0 Å². The molecule has 6 rings (SSSR count). The Labute approximate surface area is 254 Å². The average Bonchev–Trinajstić information content (AvgIpc) is 3.43. The van der Waals surface area contributed by atoms with E-state index in [1.807, 2.05) is 6.07 Å². The molecule has 2 fully saturated rings. The van der Waals surface area contributed by atoms with Gasteiger partial charge in [-0.3, -0.25) is 4.79 Å². The van der Waals surface area contributed by atoms with Gasteiger partial charge in [0.25, 0.3) is 0 Å². The second-order valence-corrected chi connectivity index (χ2v) is 12.7. The molecule has 0 N–H and O–H groups in total. The first-order valence-corrected chi connectivity index (χ1v) is 15.5. The van der Waals surface area contributed by atoms with Gasteiger partial charge in [-0.05, 0) is 75.2 Å². The minimum absolute atomic E-state index is 0.0497. The molecule has 1 aromatic carbocycles. The van der Waals surface area contributed by atoms with Gasteiger partial charge in [-0.2, -0.15) is 15.2 Å². The molecule has 0 bridgehead atoms. The fourth-order valence-corrected chi connectivity index (χ4v) is 7.79. The maximum Gasteiger partial charge on any atom is 0.318 e. The fourth-order valence-electron chi connectivity index (χ4n) is 7.79. The van der Waals surface area contributed by atoms with Gasteiger partial charge in [0.15, 0.2) is 0 Å². The molecule has 2 aromatic rings. The SMILES string of the molecule is C=CC(=O)N1CCN(c2nc(OCC3CCCN3C)nc3c2CC[C@@]2(Cc4cccc(OC)c4N(C)C2)C3)CC1CC#N. The van der Waals surface area contributed by atoms with E-state index in [1.54, 1.807) is 12.0 Å². The number of ether oxygens (including phenoxy) is 2. The summed E-state index contributed by atoms with van der Waals surface area (Å²) in [5.74, 6) is 1.69. The van der Waals surface area contributed by atoms with Crippen LogP contribution in [0.25, 0.3) is 0 Å². The summed E-state index contributed by atoms with van der Waals surface area (Å²) in [6.45, 7) is 7.94. The van der Waals surface area contributed by atoms with Gasteiger partial charge in [-0.15, -0.1) is 0 Å². The van der Waals surface area contributed by atoms with E-state index in [0.717, 1.165) is 62.5 Å². The second kappa shape index (κ2) is 12.0. The molecule has 3 atom stereocenters. The summed E-state index contributed by atoms with van der Waals surface area (Å²) in [5, 5.41) is 9.55. The number of fused-ring (bicyclic) bond motifs is 2. The highest BCUT2D eigenvalue weighted by Gasteiger charge is 2.43. The molecule has 3 aliphatic heterocycles. The lowest BCUT2D eigenvalue weighted by molar-refractivity contribution is -0.128. The van der Waals surface area contributed by atoms with Gasteiger partial charge >= 0.3 is 6.01 Å². The van der Waals surface area contributed by atoms with E-state index in [1.165, 1.54) is 29.3 Å². The van der Waals surface area contributed by atoms with E-state index in [9.17, 15) is 10.1 Å². The summed E-state index contributed by atoms with van der Waals surface area (Å²) in [6.07, 6.45) is 7.61. The van der Waals surface area contributed by atoms with Crippen LogP contribution in [0.1, 0.15) is 42.5 Å². The lowest BCUT2D eigenvalue weighted by Gasteiger charge is -2.47. The van der Waals surface area contributed by atoms with Crippen LogP contribution in [0.3, 0.4) is 0 Å². The third-order valence-electron chi connectivity index (χ3n) is 9.96. The minimum atomic E-state index is -0.222. The molecule has 0 saturated carbocycles. The van der Waals surface area contributed by atoms with Gasteiger partial charge in [0.2, 0.25) is 5.91 Å². The Morgan fingerprint density at radius 1 is 1.21 bits per heavy atom. The first kappa shape index (κ1) is 29.2. The van der Waals surface area contributed by atoms with Gasteiger partial charge in [-0.25, -0.2) is 0 Å². The first-order valence-electron chi connectivity index (χ1n) is 15.5. The van der Waals surface area contributed by atoms with Crippen LogP contribution in [-0.4, -0.2) is 98.3 Å². The van der Waals surface area contributed by atoms with Gasteiger partial charge in [-0.1, -0.05) is 18.7 Å². The molecule has 1 aliphatic carbocycles. The number of rotatable bonds is 7. The van der Waals surface area contributed by atoms with Crippen LogP contribution in [0.15, 0.2) is 30.9 Å². The number of carbonyl (C=O) groups is 1. The van der Waals surface area contributed by atoms with E-state index in [2.05, 4.69) is 53.6 Å². The van der Waals surface area contributed by atoms with Crippen molar-refractivity contribution in [3.05, 3.63) is 47.7 Å². The van der Waals surface area contributed by atoms with Gasteiger partial charge in [0, 0.05) is 44.8 Å². The molecule has 2 unspecified atom stereocenters. The number of benzene rings is 1. The highest BCUT2D eigenvalue weighted by atomic mass is 16.5. The van der Waals surface area contributed by atoms with Crippen molar-refractivity contribution in [1.82, 2.24) is 19.8 Å². The maximum atomic E-state index is 12.6. The number of nitrogens with zero attached hydrogens (tertiary/aromatic N) is 7. The highest BCUT2D eigenvalue weighted by Crippen LogP contribution is 2.48. The molecule has 1 spiro atoms. The molecule has 1 amide bonds. The Bertz CT molecular complexity index is 1420. The number of amides is 1. The second-order valence-electron chi connectivity index (χ2n) is 12.7. The van der Waals surface area contributed by atoms with Crippen LogP contribution in [0.5, 0.6) is 11.8 Å². The van der Waals surface area contributed by atoms with Crippen molar-refractivity contribution in [1.29, 1.82) is 5.26 Å². The van der Waals surface area contributed by atoms with Crippen LogP contribution in [0.4, 0.5) is 11.5 Å². The molecule has 10 nitrogen and oxygen atoms in total. The Hall–Kier alpha value is -3.84. The van der Waals surface area contributed by atoms with Gasteiger partial charge in [0.05, 0.1) is 37.0 Å². The number of aromatic nitrogens is 2. The van der Waals surface area contributed by atoms with Crippen molar-refractivity contribution in [3.63, 3.8) is 0 Å². The van der Waals surface area contributed by atoms with Crippen LogP contribution >= 0.6 is 0 Å². The number of para-hydroxylation sites is 1. The number of methoxy groups -OCH3 is 1. The molecule has 10 heteroatoms. The van der Waals surface area contributed by atoms with Crippen molar-refractivity contribution in [3.8, 4) is 17.8 Å². The largest absolute Gasteiger partial charge is 0.495 e. The fraction of sp³-hybridized carbons (Fsp3) is 0.576. The first-order chi connectivity index (χ1) is 20.8. The molecular weight excluding hydrogens is 542 g/mol. The Morgan fingerprint density at radius 3 is 2.81 bits per heavy atom. The number of carbonyl (C=O) groups excluding carboxylic acids is 1. The lowest BCUT2D eigenvalue weighted by Crippen LogP contribution is -2.55. The number of hydrogen-bond acceptors (Lipinski definition) is 9. The monoisotopic (exact) mass is 585 g/mol. The number of anilines is 2. The smallest absolute Gasteiger partial charge is 0.318 e. The molecule has 0 radical (unpaired) electrons. The molecular formula is C33H43N7O3. The maximum absolute atomic E-state index is 12.6. The summed E-state index contributed by atoms with van der Waals surface area (Å²) in [6, 6.07) is 9.19. The summed E-state index contributed by atoms with van der Waals surface area (Å²) in [4.78, 5) is 31.4. The molecule has 4 aliphatic rings. The molecule has 228 valence electrons. The topological polar surface area (TPSA) is 98.1 Å². The predicted octanol–water partition coefficient (Wildman–Crippen LogP) is 3.24. The van der Waals surface area contributed by atoms with E-state index in [4.69, 9.17) is 19.4 Å². The quantitative estimate of drug-likeness (QED) is 0.454. The van der Waals surface area contributed by atoms with Crippen LogP contribution < -0.4 is 19.3 Å².